The summed E-state index contributed by atoms with van der Waals surface area (Å²) in [5.41, 5.74) is 0. The topological polar surface area (TPSA) is 17.1 Å². The summed E-state index contributed by atoms with van der Waals surface area (Å²) >= 11 is 0. The Kier molecular flexibility index (Phi) is 2.69. The second-order valence-electron chi connectivity index (χ2n) is 4.14. The average Bonchev–Trinajstić information content (AvgIpc) is 2.67. The van der Waals surface area contributed by atoms with Gasteiger partial charge in [-0.05, 0) is 24.7 Å². The molecular formula is C10H18O. The third kappa shape index (κ3) is 2.64. The van der Waals surface area contributed by atoms with Gasteiger partial charge in [-0.2, -0.15) is 0 Å². The van der Waals surface area contributed by atoms with Gasteiger partial charge in [0.25, 0.3) is 0 Å². The third-order valence-corrected chi connectivity index (χ3v) is 2.59. The Bertz CT molecular complexity index is 145. The highest BCUT2D eigenvalue weighted by atomic mass is 16.1. The highest BCUT2D eigenvalue weighted by Gasteiger charge is 2.29. The minimum absolute atomic E-state index is 0.233. The molecule has 1 nitrogen and oxygen atoms in total. The predicted octanol–water partition coefficient (Wildman–Crippen LogP) is 2.65. The Morgan fingerprint density at radius 1 is 1.36 bits per heavy atom. The lowest BCUT2D eigenvalue weighted by Crippen LogP contribution is -2.12. The van der Waals surface area contributed by atoms with E-state index in [4.69, 9.17) is 0 Å². The standard InChI is InChI=1S/C10H18O/c1-7(2)10(11)6-8(3)9-4-5-9/h7-9H,4-6H2,1-3H3. The fourth-order valence-corrected chi connectivity index (χ4v) is 1.38. The quantitative estimate of drug-likeness (QED) is 0.608. The van der Waals surface area contributed by atoms with Crippen molar-refractivity contribution in [2.45, 2.75) is 40.0 Å². The molecule has 0 aromatic heterocycles. The summed E-state index contributed by atoms with van der Waals surface area (Å²) < 4.78 is 0. The molecule has 0 aliphatic heterocycles. The van der Waals surface area contributed by atoms with Gasteiger partial charge in [-0.3, -0.25) is 4.79 Å². The van der Waals surface area contributed by atoms with Crippen LogP contribution < -0.4 is 0 Å². The largest absolute Gasteiger partial charge is 0.299 e. The Balaban J connectivity index is 2.23. The van der Waals surface area contributed by atoms with Crippen molar-refractivity contribution >= 4 is 5.78 Å². The van der Waals surface area contributed by atoms with Gasteiger partial charge in [0.15, 0.2) is 0 Å². The van der Waals surface area contributed by atoms with Gasteiger partial charge in [-0.15, -0.1) is 0 Å². The molecule has 0 amide bonds. The number of hydrogen-bond donors (Lipinski definition) is 0. The van der Waals surface area contributed by atoms with Gasteiger partial charge < -0.3 is 0 Å². The summed E-state index contributed by atoms with van der Waals surface area (Å²) in [5, 5.41) is 0. The molecule has 0 aromatic carbocycles. The summed E-state index contributed by atoms with van der Waals surface area (Å²) in [6.45, 7) is 6.18. The van der Waals surface area contributed by atoms with E-state index < -0.39 is 0 Å². The Morgan fingerprint density at radius 3 is 2.27 bits per heavy atom. The van der Waals surface area contributed by atoms with Gasteiger partial charge in [0.05, 0.1) is 0 Å². The smallest absolute Gasteiger partial charge is 0.135 e. The van der Waals surface area contributed by atoms with Crippen LogP contribution in [0, 0.1) is 17.8 Å². The van der Waals surface area contributed by atoms with Crippen LogP contribution in [0.2, 0.25) is 0 Å². The predicted molar refractivity (Wildman–Crippen MR) is 46.4 cm³/mol. The summed E-state index contributed by atoms with van der Waals surface area (Å²) in [5.74, 6) is 2.18. The van der Waals surface area contributed by atoms with Crippen LogP contribution >= 0.6 is 0 Å². The van der Waals surface area contributed by atoms with Crippen LogP contribution in [0.1, 0.15) is 40.0 Å². The molecule has 1 saturated carbocycles. The Morgan fingerprint density at radius 2 is 1.91 bits per heavy atom. The highest BCUT2D eigenvalue weighted by Crippen LogP contribution is 2.38. The van der Waals surface area contributed by atoms with E-state index in [-0.39, 0.29) is 5.92 Å². The molecule has 0 heterocycles. The first-order valence-corrected chi connectivity index (χ1v) is 4.64. The van der Waals surface area contributed by atoms with Crippen molar-refractivity contribution in [3.05, 3.63) is 0 Å². The van der Waals surface area contributed by atoms with Gasteiger partial charge in [-0.25, -0.2) is 0 Å². The van der Waals surface area contributed by atoms with Crippen LogP contribution in [-0.2, 0) is 4.79 Å². The van der Waals surface area contributed by atoms with Gasteiger partial charge in [0.1, 0.15) is 5.78 Å². The Hall–Kier alpha value is -0.330. The second kappa shape index (κ2) is 3.38. The van der Waals surface area contributed by atoms with Crippen molar-refractivity contribution in [2.24, 2.45) is 17.8 Å². The molecule has 1 atom stereocenters. The molecule has 1 fully saturated rings. The van der Waals surface area contributed by atoms with Crippen LogP contribution in [0.25, 0.3) is 0 Å². The number of rotatable bonds is 4. The number of Topliss-reactive ketones (excluding diaryl/α,β-unsaturated/α-hetero) is 1. The van der Waals surface area contributed by atoms with Crippen molar-refractivity contribution < 1.29 is 4.79 Å². The lowest BCUT2D eigenvalue weighted by molar-refractivity contribution is -0.122. The van der Waals surface area contributed by atoms with E-state index >= 15 is 0 Å². The minimum atomic E-state index is 0.233. The zero-order valence-electron chi connectivity index (χ0n) is 7.76. The number of carbonyl (C=O) groups excluding carboxylic acids is 1. The molecule has 0 bridgehead atoms. The van der Waals surface area contributed by atoms with Crippen LogP contribution in [-0.4, -0.2) is 5.78 Å². The normalized spacial score (nSPS) is 20.4. The lowest BCUT2D eigenvalue weighted by Gasteiger charge is -2.10. The van der Waals surface area contributed by atoms with Crippen molar-refractivity contribution in [3.63, 3.8) is 0 Å². The van der Waals surface area contributed by atoms with Crippen molar-refractivity contribution in [1.82, 2.24) is 0 Å². The van der Waals surface area contributed by atoms with Crippen molar-refractivity contribution in [2.75, 3.05) is 0 Å². The van der Waals surface area contributed by atoms with E-state index in [1.165, 1.54) is 12.8 Å². The number of ketones is 1. The molecule has 0 saturated heterocycles. The van der Waals surface area contributed by atoms with E-state index in [2.05, 4.69) is 6.92 Å². The minimum Gasteiger partial charge on any atom is -0.299 e. The van der Waals surface area contributed by atoms with E-state index in [9.17, 15) is 4.79 Å². The number of hydrogen-bond acceptors (Lipinski definition) is 1. The molecule has 0 spiro atoms. The van der Waals surface area contributed by atoms with Crippen LogP contribution in [0.4, 0.5) is 0 Å². The first kappa shape index (κ1) is 8.76. The molecule has 0 aromatic rings. The SMILES string of the molecule is CC(C)C(=O)CC(C)C1CC1. The first-order valence-electron chi connectivity index (χ1n) is 4.64. The molecule has 11 heavy (non-hydrogen) atoms. The summed E-state index contributed by atoms with van der Waals surface area (Å²) in [6, 6.07) is 0. The molecule has 64 valence electrons. The maximum absolute atomic E-state index is 11.3. The molecule has 1 rings (SSSR count). The molecular weight excluding hydrogens is 136 g/mol. The molecule has 1 aliphatic carbocycles. The van der Waals surface area contributed by atoms with Gasteiger partial charge >= 0.3 is 0 Å². The maximum atomic E-state index is 11.3. The fourth-order valence-electron chi connectivity index (χ4n) is 1.38. The fraction of sp³-hybridized carbons (Fsp3) is 0.900. The Labute approximate surface area is 69.2 Å². The monoisotopic (exact) mass is 154 g/mol. The van der Waals surface area contributed by atoms with E-state index in [1.54, 1.807) is 0 Å². The van der Waals surface area contributed by atoms with Crippen LogP contribution in [0.15, 0.2) is 0 Å². The summed E-state index contributed by atoms with van der Waals surface area (Å²) in [7, 11) is 0. The molecule has 0 N–H and O–H groups in total. The first-order chi connectivity index (χ1) is 5.11. The number of carbonyl (C=O) groups is 1. The zero-order valence-corrected chi connectivity index (χ0v) is 7.76. The van der Waals surface area contributed by atoms with Gasteiger partial charge in [-0.1, -0.05) is 20.8 Å². The van der Waals surface area contributed by atoms with Crippen molar-refractivity contribution in [3.8, 4) is 0 Å². The molecule has 0 radical (unpaired) electrons. The second-order valence-corrected chi connectivity index (χ2v) is 4.14. The van der Waals surface area contributed by atoms with Gasteiger partial charge in [0.2, 0.25) is 0 Å². The van der Waals surface area contributed by atoms with E-state index in [0.29, 0.717) is 11.7 Å². The van der Waals surface area contributed by atoms with Crippen LogP contribution in [0.5, 0.6) is 0 Å². The third-order valence-electron chi connectivity index (χ3n) is 2.59. The van der Waals surface area contributed by atoms with E-state index in [1.807, 2.05) is 13.8 Å². The summed E-state index contributed by atoms with van der Waals surface area (Å²) in [4.78, 5) is 11.3. The van der Waals surface area contributed by atoms with E-state index in [0.717, 1.165) is 12.3 Å². The summed E-state index contributed by atoms with van der Waals surface area (Å²) in [6.07, 6.45) is 3.52. The molecule has 1 unspecified atom stereocenters. The van der Waals surface area contributed by atoms with Crippen LogP contribution in [0.3, 0.4) is 0 Å². The van der Waals surface area contributed by atoms with Gasteiger partial charge in [0, 0.05) is 12.3 Å². The lowest BCUT2D eigenvalue weighted by atomic mass is 9.94. The molecule has 1 aliphatic rings. The highest BCUT2D eigenvalue weighted by molar-refractivity contribution is 5.80. The van der Waals surface area contributed by atoms with Crippen molar-refractivity contribution in [1.29, 1.82) is 0 Å². The average molecular weight is 154 g/mol. The zero-order chi connectivity index (χ0) is 8.43. The maximum Gasteiger partial charge on any atom is 0.135 e. The molecule has 1 heteroatoms.